The van der Waals surface area contributed by atoms with Gasteiger partial charge in [0.25, 0.3) is 0 Å². The molecule has 2 N–H and O–H groups in total. The summed E-state index contributed by atoms with van der Waals surface area (Å²) >= 11 is 0. The quantitative estimate of drug-likeness (QED) is 0.0259. The fourth-order valence-corrected chi connectivity index (χ4v) is 9.67. The minimum Gasteiger partial charge on any atom is -0.463 e. The highest BCUT2D eigenvalue weighted by Gasteiger charge is 2.46. The number of rotatable bonds is 54. The van der Waals surface area contributed by atoms with E-state index in [0.29, 0.717) is 52.2 Å². The van der Waals surface area contributed by atoms with Gasteiger partial charge in [-0.25, -0.2) is 0 Å². The van der Waals surface area contributed by atoms with Crippen LogP contribution in [0.1, 0.15) is 195 Å². The van der Waals surface area contributed by atoms with Crippen molar-refractivity contribution in [1.29, 1.82) is 0 Å². The molecule has 0 spiro atoms. The third-order valence-corrected chi connectivity index (χ3v) is 15.4. The van der Waals surface area contributed by atoms with Crippen LogP contribution in [-0.4, -0.2) is 241 Å². The summed E-state index contributed by atoms with van der Waals surface area (Å²) in [4.78, 5) is 95.8. The summed E-state index contributed by atoms with van der Waals surface area (Å²) in [5.41, 5.74) is -3.18. The molecule has 1 heterocycles. The molecule has 0 aromatic rings. The second-order valence-corrected chi connectivity index (χ2v) is 25.6. The predicted octanol–water partition coefficient (Wildman–Crippen LogP) is 7.42. The van der Waals surface area contributed by atoms with Crippen molar-refractivity contribution in [1.82, 2.24) is 4.90 Å². The van der Waals surface area contributed by atoms with Crippen molar-refractivity contribution in [3.05, 3.63) is 0 Å². The molecule has 1 aliphatic rings. The second-order valence-electron chi connectivity index (χ2n) is 25.6. The topological polar surface area (TPSA) is 302 Å². The van der Waals surface area contributed by atoms with E-state index in [1.165, 1.54) is 13.8 Å². The maximum Gasteiger partial charge on any atom is 0.319 e. The predicted molar refractivity (Wildman–Crippen MR) is 340 cm³/mol. The van der Waals surface area contributed by atoms with E-state index < -0.39 is 116 Å². The lowest BCUT2D eigenvalue weighted by molar-refractivity contribution is -0.169. The number of aliphatic hydroxyl groups is 2. The zero-order chi connectivity index (χ0) is 69.4. The van der Waals surface area contributed by atoms with Gasteiger partial charge in [0, 0.05) is 38.8 Å². The van der Waals surface area contributed by atoms with Crippen LogP contribution in [-0.2, 0) is 105 Å². The van der Waals surface area contributed by atoms with Crippen LogP contribution in [0.3, 0.4) is 0 Å². The lowest BCUT2D eigenvalue weighted by atomic mass is 9.75. The van der Waals surface area contributed by atoms with E-state index in [4.69, 9.17) is 71.1 Å². The first-order valence-corrected chi connectivity index (χ1v) is 33.5. The van der Waals surface area contributed by atoms with E-state index in [0.717, 1.165) is 19.3 Å². The summed E-state index contributed by atoms with van der Waals surface area (Å²) in [5.74, 6) is -4.25. The van der Waals surface area contributed by atoms with Gasteiger partial charge in [0.1, 0.15) is 43.7 Å². The molecule has 1 fully saturated rings. The normalized spacial score (nSPS) is 18.9. The summed E-state index contributed by atoms with van der Waals surface area (Å²) < 4.78 is 86.1. The molecule has 1 aliphatic heterocycles. The van der Waals surface area contributed by atoms with Crippen LogP contribution in [0, 0.1) is 10.8 Å². The number of ketones is 1. The number of esters is 5. The Morgan fingerprint density at radius 1 is 0.467 bits per heavy atom. The molecule has 25 nitrogen and oxygen atoms in total. The highest BCUT2D eigenvalue weighted by molar-refractivity contribution is 6.03. The van der Waals surface area contributed by atoms with Crippen molar-refractivity contribution in [2.45, 2.75) is 280 Å². The molecule has 25 heteroatoms. The van der Waals surface area contributed by atoms with Gasteiger partial charge in [-0.3, -0.25) is 33.6 Å². The number of hydrogen-bond donors (Lipinski definition) is 2. The first kappa shape index (κ1) is 86.0. The molecule has 1 rings (SSSR count). The van der Waals surface area contributed by atoms with Gasteiger partial charge in [0.15, 0.2) is 0 Å². The number of aliphatic hydroxyl groups excluding tert-OH is 2. The summed E-state index contributed by atoms with van der Waals surface area (Å²) in [6, 6.07) is -0.323. The summed E-state index contributed by atoms with van der Waals surface area (Å²) in [6.07, 6.45) is -1.93. The van der Waals surface area contributed by atoms with E-state index in [-0.39, 0.29) is 126 Å². The van der Waals surface area contributed by atoms with Crippen LogP contribution in [0.15, 0.2) is 0 Å². The number of nitrogens with zero attached hydrogens (tertiary/aromatic N) is 1. The Labute approximate surface area is 549 Å². The van der Waals surface area contributed by atoms with Crippen molar-refractivity contribution in [2.24, 2.45) is 10.8 Å². The van der Waals surface area contributed by atoms with E-state index in [9.17, 15) is 43.8 Å². The summed E-state index contributed by atoms with van der Waals surface area (Å²) in [5, 5.41) is 18.9. The molecule has 92 heavy (non-hydrogen) atoms. The van der Waals surface area contributed by atoms with Crippen LogP contribution in [0.2, 0.25) is 0 Å². The molecule has 15 atom stereocenters. The SMILES string of the molecule is CCC(CCC(C)(CC(C)N1CCCCCC1=O)C(=O)OCCOC(=O)C(CCC(=O)OCC(C)OCC(C)OCC(C)OCC(C)OCC(C)OCC(C)O)(CCC(=O)OCC(C)OCC(C)OCC(C)OCC(C)OCC(C)OCC(C)O)C(C)=O)OC(C)=O. The fraction of sp³-hybridized carbons (Fsp3) is 0.896. The Morgan fingerprint density at radius 2 is 0.815 bits per heavy atom. The van der Waals surface area contributed by atoms with Gasteiger partial charge in [0.05, 0.1) is 145 Å². The molecule has 1 amide bonds. The lowest BCUT2D eigenvalue weighted by Gasteiger charge is -2.36. The third-order valence-electron chi connectivity index (χ3n) is 15.4. The highest BCUT2D eigenvalue weighted by atomic mass is 16.6. The Balaban J connectivity index is 3.04. The van der Waals surface area contributed by atoms with E-state index >= 15 is 0 Å². The standard InChI is InChI=1S/C67H121NO24/c1-18-60(92-59(16)72)23-26-66(17,32-45(2)68-29-21-19-20-22-61(68)73)64(76)78-30-31-79-65(77)67(58(15)71,27-24-62(74)90-43-56(13)88-41-54(11)86-39-52(9)84-37-50(7)82-35-48(5)80-33-46(3)69)28-25-63(75)91-44-57(14)89-42-55(12)87-40-53(10)85-38-51(8)83-36-49(6)81-34-47(4)70/h45-57,60,69-70H,18-44H2,1-17H3. The molecule has 0 aromatic heterocycles. The monoisotopic (exact) mass is 1320 g/mol. The number of hydrogen-bond acceptors (Lipinski definition) is 24. The maximum atomic E-state index is 14.3. The van der Waals surface area contributed by atoms with Gasteiger partial charge < -0.3 is 86.2 Å². The Hall–Kier alpha value is -3.99. The Morgan fingerprint density at radius 3 is 1.15 bits per heavy atom. The third kappa shape index (κ3) is 39.1. The fourth-order valence-electron chi connectivity index (χ4n) is 9.67. The van der Waals surface area contributed by atoms with Gasteiger partial charge in [-0.05, 0) is 155 Å². The number of amides is 1. The van der Waals surface area contributed by atoms with Gasteiger partial charge in [-0.2, -0.15) is 0 Å². The Kier molecular flexibility index (Phi) is 44.7. The van der Waals surface area contributed by atoms with Crippen LogP contribution in [0.4, 0.5) is 0 Å². The number of Topliss-reactive ketones (excluding diaryl/α,β-unsaturated/α-hetero) is 1. The minimum atomic E-state index is -2.03. The molecule has 0 aliphatic carbocycles. The van der Waals surface area contributed by atoms with Gasteiger partial charge in [-0.1, -0.05) is 13.3 Å². The van der Waals surface area contributed by atoms with E-state index in [1.807, 2.05) is 69.2 Å². The van der Waals surface area contributed by atoms with Crippen LogP contribution < -0.4 is 0 Å². The van der Waals surface area contributed by atoms with Crippen molar-refractivity contribution in [3.8, 4) is 0 Å². The number of carbonyl (C=O) groups is 7. The smallest absolute Gasteiger partial charge is 0.319 e. The van der Waals surface area contributed by atoms with Gasteiger partial charge in [-0.15, -0.1) is 0 Å². The molecule has 1 saturated heterocycles. The minimum absolute atomic E-state index is 0.0156. The molecule has 15 unspecified atom stereocenters. The number of carbonyl (C=O) groups excluding carboxylic acids is 7. The highest BCUT2D eigenvalue weighted by Crippen LogP contribution is 2.36. The van der Waals surface area contributed by atoms with Crippen molar-refractivity contribution < 1.29 is 115 Å². The Bertz CT molecular complexity index is 1990. The van der Waals surface area contributed by atoms with Crippen molar-refractivity contribution >= 4 is 41.5 Å². The number of ether oxygens (including phenoxy) is 15. The molecule has 0 saturated carbocycles. The van der Waals surface area contributed by atoms with Gasteiger partial charge in [0.2, 0.25) is 5.91 Å². The first-order valence-electron chi connectivity index (χ1n) is 33.5. The number of likely N-dealkylation sites (tertiary alicyclic amines) is 1. The zero-order valence-electron chi connectivity index (χ0n) is 59.0. The van der Waals surface area contributed by atoms with Crippen molar-refractivity contribution in [2.75, 3.05) is 99.0 Å². The van der Waals surface area contributed by atoms with Crippen LogP contribution in [0.5, 0.6) is 0 Å². The second kappa shape index (κ2) is 47.8. The van der Waals surface area contributed by atoms with Gasteiger partial charge >= 0.3 is 29.8 Å². The molecular formula is C67H121NO24. The summed E-state index contributed by atoms with van der Waals surface area (Å²) in [6.45, 7) is 31.8. The molecule has 0 aromatic carbocycles. The average Bonchev–Trinajstić information content (AvgIpc) is 0.893. The zero-order valence-corrected chi connectivity index (χ0v) is 59.0. The van der Waals surface area contributed by atoms with E-state index in [2.05, 4.69) is 0 Å². The van der Waals surface area contributed by atoms with E-state index in [1.54, 1.807) is 39.5 Å². The molecule has 0 bridgehead atoms. The van der Waals surface area contributed by atoms with Crippen LogP contribution in [0.25, 0.3) is 0 Å². The largest absolute Gasteiger partial charge is 0.463 e. The van der Waals surface area contributed by atoms with Crippen LogP contribution >= 0.6 is 0 Å². The molecular weight excluding hydrogens is 1200 g/mol. The molecule has 0 radical (unpaired) electrons. The summed E-state index contributed by atoms with van der Waals surface area (Å²) in [7, 11) is 0. The lowest BCUT2D eigenvalue weighted by Crippen LogP contribution is -2.44. The molecule has 538 valence electrons. The first-order chi connectivity index (χ1) is 43.3. The van der Waals surface area contributed by atoms with Crippen molar-refractivity contribution in [3.63, 3.8) is 0 Å². The average molecular weight is 1320 g/mol. The maximum absolute atomic E-state index is 14.3.